The molecule has 0 radical (unpaired) electrons. The van der Waals surface area contributed by atoms with Gasteiger partial charge in [-0.2, -0.15) is 0 Å². The average molecular weight is 468 g/mol. The van der Waals surface area contributed by atoms with Crippen molar-refractivity contribution in [3.8, 4) is 11.3 Å². The van der Waals surface area contributed by atoms with Crippen molar-refractivity contribution < 1.29 is 9.59 Å². The van der Waals surface area contributed by atoms with Crippen molar-refractivity contribution in [1.82, 2.24) is 10.3 Å². The highest BCUT2D eigenvalue weighted by atomic mass is 35.5. The molecule has 2 aromatic heterocycles. The van der Waals surface area contributed by atoms with Crippen molar-refractivity contribution in [3.63, 3.8) is 0 Å². The number of aromatic nitrogens is 1. The highest BCUT2D eigenvalue weighted by Gasteiger charge is 2.13. The van der Waals surface area contributed by atoms with Crippen LogP contribution in [0.25, 0.3) is 11.3 Å². The topological polar surface area (TPSA) is 71.1 Å². The van der Waals surface area contributed by atoms with Crippen LogP contribution < -0.4 is 10.6 Å². The summed E-state index contributed by atoms with van der Waals surface area (Å²) in [6.07, 6.45) is 0. The number of nitrogens with zero attached hydrogens (tertiary/aromatic N) is 1. The zero-order chi connectivity index (χ0) is 21.8. The number of rotatable bonds is 6. The van der Waals surface area contributed by atoms with Gasteiger partial charge >= 0.3 is 0 Å². The number of hydrogen-bond acceptors (Lipinski definition) is 5. The second kappa shape index (κ2) is 9.43. The van der Waals surface area contributed by atoms with Gasteiger partial charge in [0, 0.05) is 23.1 Å². The summed E-state index contributed by atoms with van der Waals surface area (Å²) in [5, 5.41) is 10.9. The minimum absolute atomic E-state index is 0.248. The Labute approximate surface area is 192 Å². The number of anilines is 1. The summed E-state index contributed by atoms with van der Waals surface area (Å²) in [4.78, 5) is 30.0. The number of carbonyl (C=O) groups is 2. The largest absolute Gasteiger partial charge is 0.348 e. The molecule has 2 amide bonds. The average Bonchev–Trinajstić information content (AvgIpc) is 3.46. The molecule has 0 saturated heterocycles. The number of benzene rings is 2. The minimum Gasteiger partial charge on any atom is -0.348 e. The zero-order valence-corrected chi connectivity index (χ0v) is 18.9. The number of hydrogen-bond donors (Lipinski definition) is 2. The maximum Gasteiger partial charge on any atom is 0.265 e. The molecule has 0 bridgehead atoms. The van der Waals surface area contributed by atoms with Crippen LogP contribution >= 0.6 is 34.3 Å². The third kappa shape index (κ3) is 5.19. The highest BCUT2D eigenvalue weighted by Crippen LogP contribution is 2.25. The molecule has 0 aliphatic heterocycles. The van der Waals surface area contributed by atoms with Gasteiger partial charge in [0.2, 0.25) is 0 Å². The monoisotopic (exact) mass is 467 g/mol. The van der Waals surface area contributed by atoms with E-state index in [1.807, 2.05) is 41.9 Å². The Bertz CT molecular complexity index is 1220. The second-order valence-corrected chi connectivity index (χ2v) is 9.17. The van der Waals surface area contributed by atoms with Crippen LogP contribution in [-0.4, -0.2) is 16.8 Å². The number of halogens is 1. The van der Waals surface area contributed by atoms with Crippen molar-refractivity contribution in [2.75, 3.05) is 5.32 Å². The van der Waals surface area contributed by atoms with Crippen molar-refractivity contribution >= 4 is 51.8 Å². The molecule has 0 aliphatic carbocycles. The third-order valence-electron chi connectivity index (χ3n) is 4.54. The summed E-state index contributed by atoms with van der Waals surface area (Å²) in [5.41, 5.74) is 3.79. The maximum atomic E-state index is 12.6. The minimum atomic E-state index is -0.259. The lowest BCUT2D eigenvalue weighted by Crippen LogP contribution is -2.23. The zero-order valence-electron chi connectivity index (χ0n) is 16.5. The van der Waals surface area contributed by atoms with E-state index in [0.29, 0.717) is 27.7 Å². The van der Waals surface area contributed by atoms with Crippen molar-refractivity contribution in [3.05, 3.63) is 91.4 Å². The van der Waals surface area contributed by atoms with Crippen LogP contribution in [-0.2, 0) is 6.54 Å². The van der Waals surface area contributed by atoms with Gasteiger partial charge in [-0.05, 0) is 42.1 Å². The first-order chi connectivity index (χ1) is 15.0. The van der Waals surface area contributed by atoms with E-state index in [1.54, 1.807) is 41.7 Å². The molecule has 0 unspecified atom stereocenters. The van der Waals surface area contributed by atoms with E-state index in [1.165, 1.54) is 11.3 Å². The van der Waals surface area contributed by atoms with E-state index in [-0.39, 0.29) is 11.8 Å². The predicted octanol–water partition coefficient (Wildman–Crippen LogP) is 6.02. The molecule has 31 heavy (non-hydrogen) atoms. The van der Waals surface area contributed by atoms with E-state index in [0.717, 1.165) is 21.8 Å². The van der Waals surface area contributed by atoms with Crippen LogP contribution in [0, 0.1) is 6.92 Å². The molecule has 0 saturated carbocycles. The highest BCUT2D eigenvalue weighted by molar-refractivity contribution is 7.12. The number of amides is 2. The standard InChI is InChI=1S/C23H18ClN3O2S2/c1-14-26-20(13-31-14)16-6-4-15(5-7-16)12-25-22(28)17-8-9-18(24)19(11-17)27-23(29)21-3-2-10-30-21/h2-11,13H,12H2,1H3,(H,25,28)(H,27,29). The molecule has 5 nitrogen and oxygen atoms in total. The molecule has 0 spiro atoms. The van der Waals surface area contributed by atoms with E-state index in [9.17, 15) is 9.59 Å². The lowest BCUT2D eigenvalue weighted by atomic mass is 10.1. The molecule has 4 rings (SSSR count). The van der Waals surface area contributed by atoms with Gasteiger partial charge < -0.3 is 10.6 Å². The van der Waals surface area contributed by atoms with E-state index >= 15 is 0 Å². The lowest BCUT2D eigenvalue weighted by molar-refractivity contribution is 0.0949. The second-order valence-electron chi connectivity index (χ2n) is 6.76. The van der Waals surface area contributed by atoms with Gasteiger partial charge in [-0.3, -0.25) is 9.59 Å². The quantitative estimate of drug-likeness (QED) is 0.364. The van der Waals surface area contributed by atoms with E-state index < -0.39 is 0 Å². The molecule has 2 N–H and O–H groups in total. The van der Waals surface area contributed by atoms with Crippen molar-refractivity contribution in [2.24, 2.45) is 0 Å². The summed E-state index contributed by atoms with van der Waals surface area (Å²) >= 11 is 9.15. The summed E-state index contributed by atoms with van der Waals surface area (Å²) < 4.78 is 0. The van der Waals surface area contributed by atoms with Crippen molar-refractivity contribution in [2.45, 2.75) is 13.5 Å². The molecular weight excluding hydrogens is 450 g/mol. The van der Waals surface area contributed by atoms with E-state index in [2.05, 4.69) is 15.6 Å². The Morgan fingerprint density at radius 1 is 1.03 bits per heavy atom. The molecule has 0 atom stereocenters. The van der Waals surface area contributed by atoms with Crippen LogP contribution in [0.2, 0.25) is 5.02 Å². The smallest absolute Gasteiger partial charge is 0.265 e. The fourth-order valence-corrected chi connectivity index (χ4v) is 4.33. The summed E-state index contributed by atoms with van der Waals surface area (Å²) in [7, 11) is 0. The number of carbonyl (C=O) groups excluding carboxylic acids is 2. The van der Waals surface area contributed by atoms with Crippen LogP contribution in [0.15, 0.2) is 65.4 Å². The van der Waals surface area contributed by atoms with Crippen LogP contribution in [0.4, 0.5) is 5.69 Å². The molecule has 0 fully saturated rings. The van der Waals surface area contributed by atoms with Gasteiger partial charge in [0.25, 0.3) is 11.8 Å². The predicted molar refractivity (Wildman–Crippen MR) is 127 cm³/mol. The fraction of sp³-hybridized carbons (Fsp3) is 0.0870. The summed E-state index contributed by atoms with van der Waals surface area (Å²) in [6, 6.07) is 16.3. The van der Waals surface area contributed by atoms with Gasteiger partial charge in [0.1, 0.15) is 0 Å². The van der Waals surface area contributed by atoms with Crippen LogP contribution in [0.5, 0.6) is 0 Å². The number of thiophene rings is 1. The summed E-state index contributed by atoms with van der Waals surface area (Å²) in [5.74, 6) is -0.507. The Morgan fingerprint density at radius 3 is 2.52 bits per heavy atom. The van der Waals surface area contributed by atoms with Gasteiger partial charge in [-0.25, -0.2) is 4.98 Å². The third-order valence-corrected chi connectivity index (χ3v) is 6.52. The molecule has 8 heteroatoms. The lowest BCUT2D eigenvalue weighted by Gasteiger charge is -2.10. The first kappa shape index (κ1) is 21.2. The molecule has 4 aromatic rings. The normalized spacial score (nSPS) is 10.6. The molecular formula is C23H18ClN3O2S2. The summed E-state index contributed by atoms with van der Waals surface area (Å²) in [6.45, 7) is 2.36. The SMILES string of the molecule is Cc1nc(-c2ccc(CNC(=O)c3ccc(Cl)c(NC(=O)c4cccs4)c3)cc2)cs1. The van der Waals surface area contributed by atoms with Gasteiger partial charge in [-0.1, -0.05) is 41.9 Å². The Hall–Kier alpha value is -3.00. The molecule has 156 valence electrons. The Morgan fingerprint density at radius 2 is 1.84 bits per heavy atom. The maximum absolute atomic E-state index is 12.6. The van der Waals surface area contributed by atoms with Crippen molar-refractivity contribution in [1.29, 1.82) is 0 Å². The first-order valence-electron chi connectivity index (χ1n) is 9.43. The first-order valence-corrected chi connectivity index (χ1v) is 11.6. The number of nitrogens with one attached hydrogen (secondary N) is 2. The Balaban J connectivity index is 1.40. The molecule has 2 aromatic carbocycles. The van der Waals surface area contributed by atoms with Gasteiger partial charge in [0.05, 0.1) is 26.3 Å². The molecule has 2 heterocycles. The van der Waals surface area contributed by atoms with Crippen LogP contribution in [0.1, 0.15) is 30.6 Å². The molecule has 0 aliphatic rings. The fourth-order valence-electron chi connectivity index (χ4n) is 2.93. The van der Waals surface area contributed by atoms with Gasteiger partial charge in [0.15, 0.2) is 0 Å². The number of thiazole rings is 1. The van der Waals surface area contributed by atoms with E-state index in [4.69, 9.17) is 11.6 Å². The Kier molecular flexibility index (Phi) is 6.46. The number of aryl methyl sites for hydroxylation is 1. The van der Waals surface area contributed by atoms with Crippen LogP contribution in [0.3, 0.4) is 0 Å². The van der Waals surface area contributed by atoms with Gasteiger partial charge in [-0.15, -0.1) is 22.7 Å².